The highest BCUT2D eigenvalue weighted by atomic mass is 16.5. The Labute approximate surface area is 148 Å². The lowest BCUT2D eigenvalue weighted by Crippen LogP contribution is -2.15. The van der Waals surface area contributed by atoms with E-state index in [0.717, 1.165) is 11.3 Å². The number of anilines is 1. The van der Waals surface area contributed by atoms with Crippen LogP contribution in [-0.4, -0.2) is 5.91 Å². The van der Waals surface area contributed by atoms with Crippen LogP contribution < -0.4 is 10.1 Å². The molecule has 1 amide bonds. The lowest BCUT2D eigenvalue weighted by molar-refractivity contribution is -0.117. The summed E-state index contributed by atoms with van der Waals surface area (Å²) in [7, 11) is 0. The minimum Gasteiger partial charge on any atom is -0.457 e. The SMILES string of the molecule is Cc1cc(Oc2ccc(C#N)cc2)ccc1NC(=O)CC1CCCC1. The molecule has 0 heterocycles. The van der Waals surface area contributed by atoms with Crippen molar-refractivity contribution in [2.45, 2.75) is 39.0 Å². The van der Waals surface area contributed by atoms with Crippen molar-refractivity contribution in [3.8, 4) is 17.6 Å². The van der Waals surface area contributed by atoms with Gasteiger partial charge in [0.15, 0.2) is 0 Å². The molecule has 0 aliphatic heterocycles. The minimum absolute atomic E-state index is 0.0933. The zero-order valence-corrected chi connectivity index (χ0v) is 14.4. The fraction of sp³-hybridized carbons (Fsp3) is 0.333. The molecule has 25 heavy (non-hydrogen) atoms. The second-order valence-electron chi connectivity index (χ2n) is 6.62. The van der Waals surface area contributed by atoms with Crippen LogP contribution in [0.25, 0.3) is 0 Å². The molecular formula is C21H22N2O2. The van der Waals surface area contributed by atoms with E-state index in [1.807, 2.05) is 25.1 Å². The first-order valence-corrected chi connectivity index (χ1v) is 8.72. The maximum absolute atomic E-state index is 12.2. The zero-order chi connectivity index (χ0) is 17.6. The van der Waals surface area contributed by atoms with Crippen molar-refractivity contribution in [3.05, 3.63) is 53.6 Å². The first-order valence-electron chi connectivity index (χ1n) is 8.72. The number of rotatable bonds is 5. The molecule has 0 saturated heterocycles. The highest BCUT2D eigenvalue weighted by Crippen LogP contribution is 2.29. The molecule has 1 aliphatic rings. The van der Waals surface area contributed by atoms with Gasteiger partial charge in [-0.2, -0.15) is 5.26 Å². The van der Waals surface area contributed by atoms with E-state index in [-0.39, 0.29) is 5.91 Å². The Kier molecular flexibility index (Phi) is 5.35. The van der Waals surface area contributed by atoms with Gasteiger partial charge in [0.2, 0.25) is 5.91 Å². The number of ether oxygens (including phenoxy) is 1. The number of nitrogens with one attached hydrogen (secondary N) is 1. The number of benzene rings is 2. The molecule has 2 aromatic carbocycles. The third kappa shape index (κ3) is 4.60. The molecule has 4 heteroatoms. The summed E-state index contributed by atoms with van der Waals surface area (Å²) >= 11 is 0. The van der Waals surface area contributed by atoms with E-state index >= 15 is 0 Å². The summed E-state index contributed by atoms with van der Waals surface area (Å²) < 4.78 is 5.80. The monoisotopic (exact) mass is 334 g/mol. The van der Waals surface area contributed by atoms with Crippen LogP contribution in [0.5, 0.6) is 11.5 Å². The highest BCUT2D eigenvalue weighted by molar-refractivity contribution is 5.91. The van der Waals surface area contributed by atoms with Gasteiger partial charge in [-0.3, -0.25) is 4.79 Å². The number of carbonyl (C=O) groups is 1. The molecule has 128 valence electrons. The third-order valence-electron chi connectivity index (χ3n) is 4.64. The molecule has 1 N–H and O–H groups in total. The van der Waals surface area contributed by atoms with E-state index in [4.69, 9.17) is 10.00 Å². The van der Waals surface area contributed by atoms with E-state index in [0.29, 0.717) is 29.4 Å². The largest absolute Gasteiger partial charge is 0.457 e. The van der Waals surface area contributed by atoms with Crippen molar-refractivity contribution in [2.75, 3.05) is 5.32 Å². The second kappa shape index (κ2) is 7.85. The smallest absolute Gasteiger partial charge is 0.224 e. The molecule has 0 unspecified atom stereocenters. The van der Waals surface area contributed by atoms with Crippen molar-refractivity contribution in [3.63, 3.8) is 0 Å². The van der Waals surface area contributed by atoms with E-state index in [1.54, 1.807) is 24.3 Å². The van der Waals surface area contributed by atoms with Crippen molar-refractivity contribution in [2.24, 2.45) is 5.92 Å². The summed E-state index contributed by atoms with van der Waals surface area (Å²) in [4.78, 5) is 12.2. The predicted octanol–water partition coefficient (Wildman–Crippen LogP) is 5.18. The number of nitriles is 1. The van der Waals surface area contributed by atoms with Gasteiger partial charge >= 0.3 is 0 Å². The van der Waals surface area contributed by atoms with Crippen LogP contribution in [0.1, 0.15) is 43.2 Å². The van der Waals surface area contributed by atoms with Crippen molar-refractivity contribution in [1.82, 2.24) is 0 Å². The van der Waals surface area contributed by atoms with Crippen LogP contribution >= 0.6 is 0 Å². The number of amides is 1. The quantitative estimate of drug-likeness (QED) is 0.819. The van der Waals surface area contributed by atoms with Crippen LogP contribution in [0.15, 0.2) is 42.5 Å². The molecule has 0 radical (unpaired) electrons. The van der Waals surface area contributed by atoms with Gasteiger partial charge in [0.25, 0.3) is 0 Å². The zero-order valence-electron chi connectivity index (χ0n) is 14.4. The number of nitrogens with zero attached hydrogens (tertiary/aromatic N) is 1. The Balaban J connectivity index is 1.61. The summed E-state index contributed by atoms with van der Waals surface area (Å²) in [5, 5.41) is 11.8. The van der Waals surface area contributed by atoms with Crippen LogP contribution in [-0.2, 0) is 4.79 Å². The summed E-state index contributed by atoms with van der Waals surface area (Å²) in [5.74, 6) is 2.02. The normalized spacial score (nSPS) is 14.1. The van der Waals surface area contributed by atoms with Gasteiger partial charge in [-0.1, -0.05) is 12.8 Å². The number of hydrogen-bond donors (Lipinski definition) is 1. The molecule has 1 aliphatic carbocycles. The summed E-state index contributed by atoms with van der Waals surface area (Å²) in [6, 6.07) is 14.7. The number of aryl methyl sites for hydroxylation is 1. The average Bonchev–Trinajstić information content (AvgIpc) is 3.11. The van der Waals surface area contributed by atoms with Gasteiger partial charge < -0.3 is 10.1 Å². The fourth-order valence-corrected chi connectivity index (χ4v) is 3.25. The lowest BCUT2D eigenvalue weighted by Gasteiger charge is -2.13. The van der Waals surface area contributed by atoms with Gasteiger partial charge in [-0.05, 0) is 73.7 Å². The minimum atomic E-state index is 0.0933. The van der Waals surface area contributed by atoms with Gasteiger partial charge in [0.05, 0.1) is 11.6 Å². The molecule has 2 aromatic rings. The standard InChI is InChI=1S/C21H22N2O2/c1-15-12-19(25-18-8-6-17(14-22)7-9-18)10-11-20(15)23-21(24)13-16-4-2-3-5-16/h6-12,16H,2-5,13H2,1H3,(H,23,24). The van der Waals surface area contributed by atoms with Gasteiger partial charge in [-0.15, -0.1) is 0 Å². The second-order valence-corrected chi connectivity index (χ2v) is 6.62. The van der Waals surface area contributed by atoms with Crippen LogP contribution in [0.2, 0.25) is 0 Å². The average molecular weight is 334 g/mol. The van der Waals surface area contributed by atoms with Crippen LogP contribution in [0, 0.1) is 24.2 Å². The predicted molar refractivity (Wildman–Crippen MR) is 97.6 cm³/mol. The maximum atomic E-state index is 12.2. The fourth-order valence-electron chi connectivity index (χ4n) is 3.25. The van der Waals surface area contributed by atoms with Crippen molar-refractivity contribution >= 4 is 11.6 Å². The summed E-state index contributed by atoms with van der Waals surface area (Å²) in [6.07, 6.45) is 5.45. The Bertz CT molecular complexity index is 785. The van der Waals surface area contributed by atoms with E-state index in [9.17, 15) is 4.79 Å². The molecule has 0 atom stereocenters. The molecular weight excluding hydrogens is 312 g/mol. The number of hydrogen-bond acceptors (Lipinski definition) is 3. The number of carbonyl (C=O) groups excluding carboxylic acids is 1. The van der Waals surface area contributed by atoms with Gasteiger partial charge in [0.1, 0.15) is 11.5 Å². The van der Waals surface area contributed by atoms with E-state index in [1.165, 1.54) is 25.7 Å². The molecule has 3 rings (SSSR count). The molecule has 0 aromatic heterocycles. The maximum Gasteiger partial charge on any atom is 0.224 e. The Morgan fingerprint density at radius 2 is 1.84 bits per heavy atom. The van der Waals surface area contributed by atoms with Gasteiger partial charge in [-0.25, -0.2) is 0 Å². The first kappa shape index (κ1) is 17.0. The van der Waals surface area contributed by atoms with Crippen molar-refractivity contribution < 1.29 is 9.53 Å². The first-order chi connectivity index (χ1) is 12.1. The van der Waals surface area contributed by atoms with Crippen LogP contribution in [0.3, 0.4) is 0 Å². The Morgan fingerprint density at radius 3 is 2.48 bits per heavy atom. The molecule has 0 bridgehead atoms. The Hall–Kier alpha value is -2.80. The topological polar surface area (TPSA) is 62.1 Å². The highest BCUT2D eigenvalue weighted by Gasteiger charge is 2.18. The summed E-state index contributed by atoms with van der Waals surface area (Å²) in [5.41, 5.74) is 2.39. The third-order valence-corrected chi connectivity index (χ3v) is 4.64. The van der Waals surface area contributed by atoms with Crippen molar-refractivity contribution in [1.29, 1.82) is 5.26 Å². The van der Waals surface area contributed by atoms with E-state index in [2.05, 4.69) is 11.4 Å². The molecule has 4 nitrogen and oxygen atoms in total. The summed E-state index contributed by atoms with van der Waals surface area (Å²) in [6.45, 7) is 1.96. The lowest BCUT2D eigenvalue weighted by atomic mass is 10.0. The van der Waals surface area contributed by atoms with E-state index < -0.39 is 0 Å². The molecule has 1 saturated carbocycles. The van der Waals surface area contributed by atoms with Gasteiger partial charge in [0, 0.05) is 12.1 Å². The molecule has 0 spiro atoms. The Morgan fingerprint density at radius 1 is 1.16 bits per heavy atom. The molecule has 1 fully saturated rings. The van der Waals surface area contributed by atoms with Crippen LogP contribution in [0.4, 0.5) is 5.69 Å².